The minimum Gasteiger partial charge on any atom is -0.480 e. The molecule has 0 aromatic rings. The summed E-state index contributed by atoms with van der Waals surface area (Å²) < 4.78 is 5.39. The van der Waals surface area contributed by atoms with Crippen LogP contribution in [0.3, 0.4) is 0 Å². The van der Waals surface area contributed by atoms with Gasteiger partial charge in [0.2, 0.25) is 0 Å². The Morgan fingerprint density at radius 2 is 2.10 bits per heavy atom. The number of hydrogen-bond acceptors (Lipinski definition) is 4. The summed E-state index contributed by atoms with van der Waals surface area (Å²) in [5, 5.41) is 12.7. The van der Waals surface area contributed by atoms with Crippen LogP contribution in [0.25, 0.3) is 0 Å². The summed E-state index contributed by atoms with van der Waals surface area (Å²) >= 11 is 0. The van der Waals surface area contributed by atoms with E-state index in [1.807, 2.05) is 6.92 Å². The third-order valence-electron chi connectivity index (χ3n) is 4.40. The van der Waals surface area contributed by atoms with Crippen molar-refractivity contribution in [2.45, 2.75) is 64.1 Å². The fraction of sp³-hybridized carbons (Fsp3) is 0.933. The monoisotopic (exact) mass is 286 g/mol. The molecule has 1 aliphatic heterocycles. The Kier molecular flexibility index (Phi) is 6.92. The van der Waals surface area contributed by atoms with Crippen LogP contribution >= 0.6 is 0 Å². The summed E-state index contributed by atoms with van der Waals surface area (Å²) in [6.45, 7) is 8.31. The highest BCUT2D eigenvalue weighted by Crippen LogP contribution is 2.21. The maximum absolute atomic E-state index is 11.6. The third kappa shape index (κ3) is 4.72. The number of nitrogens with zero attached hydrogens (tertiary/aromatic N) is 1. The Morgan fingerprint density at radius 3 is 2.60 bits per heavy atom. The molecule has 0 aromatic carbocycles. The summed E-state index contributed by atoms with van der Waals surface area (Å²) in [7, 11) is 2.10. The molecule has 0 amide bonds. The van der Waals surface area contributed by atoms with Crippen LogP contribution in [-0.2, 0) is 9.53 Å². The van der Waals surface area contributed by atoms with Gasteiger partial charge in [0.25, 0.3) is 0 Å². The number of aliphatic carboxylic acids is 1. The second-order valence-corrected chi connectivity index (χ2v) is 6.13. The second-order valence-electron chi connectivity index (χ2n) is 6.13. The smallest absolute Gasteiger partial charge is 0.323 e. The van der Waals surface area contributed by atoms with Crippen molar-refractivity contribution in [1.82, 2.24) is 10.2 Å². The van der Waals surface area contributed by atoms with Gasteiger partial charge in [0.15, 0.2) is 0 Å². The van der Waals surface area contributed by atoms with E-state index in [1.165, 1.54) is 0 Å². The zero-order valence-corrected chi connectivity index (χ0v) is 13.3. The van der Waals surface area contributed by atoms with E-state index in [9.17, 15) is 9.90 Å². The quantitative estimate of drug-likeness (QED) is 0.711. The van der Waals surface area contributed by atoms with Crippen molar-refractivity contribution < 1.29 is 14.6 Å². The molecule has 20 heavy (non-hydrogen) atoms. The summed E-state index contributed by atoms with van der Waals surface area (Å²) in [6.07, 6.45) is 3.61. The molecule has 0 saturated carbocycles. The van der Waals surface area contributed by atoms with Gasteiger partial charge in [-0.05, 0) is 53.1 Å². The van der Waals surface area contributed by atoms with Gasteiger partial charge in [-0.3, -0.25) is 4.79 Å². The first-order valence-corrected chi connectivity index (χ1v) is 7.69. The van der Waals surface area contributed by atoms with Crippen LogP contribution in [0.4, 0.5) is 0 Å². The van der Waals surface area contributed by atoms with E-state index in [1.54, 1.807) is 6.92 Å². The predicted molar refractivity (Wildman–Crippen MR) is 80.0 cm³/mol. The number of ether oxygens (including phenoxy) is 1. The van der Waals surface area contributed by atoms with Crippen LogP contribution < -0.4 is 5.32 Å². The molecule has 1 saturated heterocycles. The van der Waals surface area contributed by atoms with Crippen LogP contribution in [0.15, 0.2) is 0 Å². The summed E-state index contributed by atoms with van der Waals surface area (Å²) in [6, 6.07) is 0.728. The number of hydrogen-bond donors (Lipinski definition) is 2. The second kappa shape index (κ2) is 7.96. The van der Waals surface area contributed by atoms with Crippen molar-refractivity contribution >= 4 is 5.97 Å². The average Bonchev–Trinajstić information content (AvgIpc) is 2.45. The van der Waals surface area contributed by atoms with Crippen molar-refractivity contribution in [3.05, 3.63) is 0 Å². The SMILES string of the molecule is CCCNC(C)(CC(C)N(C)C1CCOCC1)C(=O)O. The third-order valence-corrected chi connectivity index (χ3v) is 4.40. The van der Waals surface area contributed by atoms with E-state index in [2.05, 4.69) is 24.2 Å². The molecular weight excluding hydrogens is 256 g/mol. The van der Waals surface area contributed by atoms with Gasteiger partial charge in [0, 0.05) is 25.3 Å². The molecule has 118 valence electrons. The van der Waals surface area contributed by atoms with E-state index in [0.717, 1.165) is 39.0 Å². The minimum absolute atomic E-state index is 0.226. The summed E-state index contributed by atoms with van der Waals surface area (Å²) in [5.41, 5.74) is -0.852. The van der Waals surface area contributed by atoms with Gasteiger partial charge in [-0.2, -0.15) is 0 Å². The van der Waals surface area contributed by atoms with Crippen LogP contribution in [0, 0.1) is 0 Å². The lowest BCUT2D eigenvalue weighted by atomic mass is 9.91. The van der Waals surface area contributed by atoms with Crippen molar-refractivity contribution in [3.63, 3.8) is 0 Å². The summed E-state index contributed by atoms with van der Waals surface area (Å²) in [5.74, 6) is -0.766. The highest BCUT2D eigenvalue weighted by atomic mass is 16.5. The standard InChI is InChI=1S/C15H30N2O3/c1-5-8-16-15(3,14(18)19)11-12(2)17(4)13-6-9-20-10-7-13/h12-13,16H,5-11H2,1-4H3,(H,18,19). The van der Waals surface area contributed by atoms with E-state index in [4.69, 9.17) is 4.74 Å². The highest BCUT2D eigenvalue weighted by molar-refractivity contribution is 5.78. The lowest BCUT2D eigenvalue weighted by Crippen LogP contribution is -2.54. The maximum Gasteiger partial charge on any atom is 0.323 e. The average molecular weight is 286 g/mol. The molecule has 0 radical (unpaired) electrons. The van der Waals surface area contributed by atoms with E-state index < -0.39 is 11.5 Å². The lowest BCUT2D eigenvalue weighted by Gasteiger charge is -2.39. The molecule has 5 heteroatoms. The number of carboxylic acids is 1. The first kappa shape index (κ1) is 17.4. The molecule has 2 atom stereocenters. The van der Waals surface area contributed by atoms with E-state index in [0.29, 0.717) is 12.5 Å². The molecule has 2 N–H and O–H groups in total. The van der Waals surface area contributed by atoms with Crippen molar-refractivity contribution in [2.24, 2.45) is 0 Å². The van der Waals surface area contributed by atoms with Crippen molar-refractivity contribution in [2.75, 3.05) is 26.8 Å². The Balaban J connectivity index is 2.59. The van der Waals surface area contributed by atoms with E-state index in [-0.39, 0.29) is 6.04 Å². The van der Waals surface area contributed by atoms with Gasteiger partial charge < -0.3 is 20.1 Å². The van der Waals surface area contributed by atoms with E-state index >= 15 is 0 Å². The zero-order valence-electron chi connectivity index (χ0n) is 13.3. The molecule has 0 spiro atoms. The maximum atomic E-state index is 11.6. The molecule has 0 bridgehead atoms. The van der Waals surface area contributed by atoms with Gasteiger partial charge in [0.1, 0.15) is 5.54 Å². The Labute approximate surface area is 122 Å². The topological polar surface area (TPSA) is 61.8 Å². The molecule has 1 fully saturated rings. The van der Waals surface area contributed by atoms with Gasteiger partial charge in [-0.1, -0.05) is 6.92 Å². The molecule has 1 aliphatic rings. The fourth-order valence-corrected chi connectivity index (χ4v) is 2.82. The number of rotatable bonds is 8. The van der Waals surface area contributed by atoms with Gasteiger partial charge in [-0.15, -0.1) is 0 Å². The van der Waals surface area contributed by atoms with Gasteiger partial charge in [-0.25, -0.2) is 0 Å². The number of carboxylic acid groups (broad SMARTS) is 1. The molecule has 0 aromatic heterocycles. The molecule has 1 rings (SSSR count). The zero-order chi connectivity index (χ0) is 15.2. The Bertz CT molecular complexity index is 305. The van der Waals surface area contributed by atoms with Crippen LogP contribution in [0.5, 0.6) is 0 Å². The Hall–Kier alpha value is -0.650. The Morgan fingerprint density at radius 1 is 1.50 bits per heavy atom. The largest absolute Gasteiger partial charge is 0.480 e. The van der Waals surface area contributed by atoms with Gasteiger partial charge >= 0.3 is 5.97 Å². The number of carbonyl (C=O) groups is 1. The first-order valence-electron chi connectivity index (χ1n) is 7.69. The first-order chi connectivity index (χ1) is 9.40. The predicted octanol–water partition coefficient (Wildman–Crippen LogP) is 1.72. The van der Waals surface area contributed by atoms with Crippen LogP contribution in [-0.4, -0.2) is 60.4 Å². The fourth-order valence-electron chi connectivity index (χ4n) is 2.82. The summed E-state index contributed by atoms with van der Waals surface area (Å²) in [4.78, 5) is 13.9. The van der Waals surface area contributed by atoms with Crippen molar-refractivity contribution in [1.29, 1.82) is 0 Å². The lowest BCUT2D eigenvalue weighted by molar-refractivity contribution is -0.145. The van der Waals surface area contributed by atoms with Gasteiger partial charge in [0.05, 0.1) is 0 Å². The highest BCUT2D eigenvalue weighted by Gasteiger charge is 2.36. The normalized spacial score (nSPS) is 21.6. The van der Waals surface area contributed by atoms with Crippen molar-refractivity contribution in [3.8, 4) is 0 Å². The molecule has 1 heterocycles. The number of nitrogens with one attached hydrogen (secondary N) is 1. The van der Waals surface area contributed by atoms with Crippen LogP contribution in [0.2, 0.25) is 0 Å². The molecular formula is C15H30N2O3. The van der Waals surface area contributed by atoms with Crippen LogP contribution in [0.1, 0.15) is 46.5 Å². The molecule has 0 aliphatic carbocycles. The molecule has 2 unspecified atom stereocenters. The minimum atomic E-state index is -0.852. The molecule has 5 nitrogen and oxygen atoms in total.